The number of fused-ring (bicyclic) bond motifs is 7. The molecule has 0 radical (unpaired) electrons. The molecule has 2 aromatic heterocycles. The number of hydrogen-bond acceptors (Lipinski definition) is 2. The van der Waals surface area contributed by atoms with Gasteiger partial charge in [-0.25, -0.2) is 9.97 Å². The Morgan fingerprint density at radius 2 is 1.11 bits per heavy atom. The molecular weight excluding hydrogens is 751 g/mol. The van der Waals surface area contributed by atoms with E-state index in [0.29, 0.717) is 11.7 Å². The summed E-state index contributed by atoms with van der Waals surface area (Å²) in [7, 11) is 0. The van der Waals surface area contributed by atoms with Gasteiger partial charge in [-0.2, -0.15) is 0 Å². The van der Waals surface area contributed by atoms with E-state index in [1.165, 1.54) is 60.8 Å². The van der Waals surface area contributed by atoms with Crippen LogP contribution < -0.4 is 0 Å². The van der Waals surface area contributed by atoms with Gasteiger partial charge >= 0.3 is 0 Å². The predicted octanol–water partition coefficient (Wildman–Crippen LogP) is 14.9. The molecule has 2 aliphatic carbocycles. The molecule has 12 rings (SSSR count). The van der Waals surface area contributed by atoms with Gasteiger partial charge in [0.25, 0.3) is 0 Å². The van der Waals surface area contributed by atoms with Gasteiger partial charge in [-0.3, -0.25) is 0 Å². The molecule has 0 saturated carbocycles. The van der Waals surface area contributed by atoms with E-state index in [4.69, 9.17) is 9.97 Å². The first-order valence-corrected chi connectivity index (χ1v) is 21.8. The minimum absolute atomic E-state index is 0.367. The summed E-state index contributed by atoms with van der Waals surface area (Å²) >= 11 is 0. The van der Waals surface area contributed by atoms with Crippen molar-refractivity contribution in [2.45, 2.75) is 24.7 Å². The SMILES string of the molecule is C1=CCC(C2(c3ccccc3)c3ccccc3-c3ccc4c5cc(-c6ccccc6)ccc5n(-c5cccc(-c6nc(-c7ccccc7)cc(-c7ccccc7)n6)c5)c4c32)CC1. The minimum atomic E-state index is -0.374. The fourth-order valence-electron chi connectivity index (χ4n) is 10.7. The van der Waals surface area contributed by atoms with Crippen molar-refractivity contribution in [3.63, 3.8) is 0 Å². The van der Waals surface area contributed by atoms with Gasteiger partial charge in [-0.15, -0.1) is 0 Å². The zero-order chi connectivity index (χ0) is 41.0. The topological polar surface area (TPSA) is 30.7 Å². The lowest BCUT2D eigenvalue weighted by atomic mass is 9.60. The highest BCUT2D eigenvalue weighted by atomic mass is 15.0. The molecule has 0 saturated heterocycles. The standard InChI is InChI=1S/C59H43N3/c1-6-19-40(20-7-1)43-33-36-55-51(38-43)50-35-34-49-48-31-16-17-32-52(48)59(45-26-12-4-13-27-45,46-28-14-5-15-29-46)56(49)57(50)62(55)47-30-18-25-44(37-47)58-60-53(41-21-8-2-9-22-41)39-54(61-58)42-23-10-3-11-24-42/h1-14,16-27,30-39,46H,15,28-29H2. The van der Waals surface area contributed by atoms with Crippen molar-refractivity contribution in [3.8, 4) is 61.8 Å². The number of benzene rings is 8. The Hall–Kier alpha value is -7.62. The van der Waals surface area contributed by atoms with Crippen molar-refractivity contribution < 1.29 is 0 Å². The highest BCUT2D eigenvalue weighted by Gasteiger charge is 2.51. The van der Waals surface area contributed by atoms with Gasteiger partial charge in [0, 0.05) is 33.2 Å². The number of allylic oxidation sites excluding steroid dienone is 2. The Balaban J connectivity index is 1.17. The van der Waals surface area contributed by atoms with Crippen molar-refractivity contribution in [3.05, 3.63) is 235 Å². The summed E-state index contributed by atoms with van der Waals surface area (Å²) in [6, 6.07) is 75.1. The highest BCUT2D eigenvalue weighted by molar-refractivity contribution is 6.14. The van der Waals surface area contributed by atoms with Crippen LogP contribution in [0.1, 0.15) is 36.0 Å². The molecule has 0 N–H and O–H groups in total. The van der Waals surface area contributed by atoms with Crippen LogP contribution in [0.25, 0.3) is 83.6 Å². The molecule has 8 aromatic carbocycles. The van der Waals surface area contributed by atoms with Gasteiger partial charge in [-0.1, -0.05) is 188 Å². The van der Waals surface area contributed by atoms with E-state index in [2.05, 4.69) is 223 Å². The summed E-state index contributed by atoms with van der Waals surface area (Å²) in [5, 5.41) is 2.50. The van der Waals surface area contributed by atoms with Gasteiger partial charge in [0.1, 0.15) is 0 Å². The summed E-state index contributed by atoms with van der Waals surface area (Å²) in [4.78, 5) is 10.5. The summed E-state index contributed by atoms with van der Waals surface area (Å²) in [6.07, 6.45) is 8.01. The van der Waals surface area contributed by atoms with Crippen LogP contribution in [-0.4, -0.2) is 14.5 Å². The molecule has 62 heavy (non-hydrogen) atoms. The molecular formula is C59H43N3. The zero-order valence-corrected chi connectivity index (χ0v) is 34.3. The third-order valence-electron chi connectivity index (χ3n) is 13.4. The maximum absolute atomic E-state index is 5.27. The molecule has 0 bridgehead atoms. The van der Waals surface area contributed by atoms with Crippen LogP contribution in [0.3, 0.4) is 0 Å². The average molecular weight is 794 g/mol. The average Bonchev–Trinajstić information content (AvgIpc) is 3.86. The largest absolute Gasteiger partial charge is 0.309 e. The smallest absolute Gasteiger partial charge is 0.160 e. The fraction of sp³-hybridized carbons (Fsp3) is 0.0847. The number of nitrogens with zero attached hydrogens (tertiary/aromatic N) is 3. The maximum atomic E-state index is 5.27. The second kappa shape index (κ2) is 14.8. The molecule has 0 spiro atoms. The number of rotatable bonds is 7. The summed E-state index contributed by atoms with van der Waals surface area (Å²) < 4.78 is 2.56. The first kappa shape index (κ1) is 36.2. The van der Waals surface area contributed by atoms with Crippen LogP contribution in [0.15, 0.2) is 218 Å². The van der Waals surface area contributed by atoms with Crippen molar-refractivity contribution in [1.82, 2.24) is 14.5 Å². The zero-order valence-electron chi connectivity index (χ0n) is 34.3. The Morgan fingerprint density at radius 3 is 1.81 bits per heavy atom. The van der Waals surface area contributed by atoms with Gasteiger partial charge in [0.2, 0.25) is 0 Å². The fourth-order valence-corrected chi connectivity index (χ4v) is 10.7. The molecule has 3 nitrogen and oxygen atoms in total. The van der Waals surface area contributed by atoms with Crippen LogP contribution in [0.2, 0.25) is 0 Å². The molecule has 3 heteroatoms. The number of hydrogen-bond donors (Lipinski definition) is 0. The lowest BCUT2D eigenvalue weighted by Gasteiger charge is -2.42. The third-order valence-corrected chi connectivity index (χ3v) is 13.4. The normalized spacial score (nSPS) is 16.7. The predicted molar refractivity (Wildman–Crippen MR) is 256 cm³/mol. The van der Waals surface area contributed by atoms with Crippen molar-refractivity contribution in [1.29, 1.82) is 0 Å². The highest BCUT2D eigenvalue weighted by Crippen LogP contribution is 2.61. The monoisotopic (exact) mass is 793 g/mol. The molecule has 294 valence electrons. The van der Waals surface area contributed by atoms with Gasteiger partial charge in [0.05, 0.1) is 27.8 Å². The van der Waals surface area contributed by atoms with Crippen LogP contribution in [0.5, 0.6) is 0 Å². The Morgan fingerprint density at radius 1 is 0.468 bits per heavy atom. The van der Waals surface area contributed by atoms with Crippen molar-refractivity contribution in [2.75, 3.05) is 0 Å². The van der Waals surface area contributed by atoms with Crippen molar-refractivity contribution in [2.24, 2.45) is 5.92 Å². The quantitative estimate of drug-likeness (QED) is 0.151. The molecule has 2 unspecified atom stereocenters. The van der Waals surface area contributed by atoms with Gasteiger partial charge < -0.3 is 4.57 Å². The number of aromatic nitrogens is 3. The summed E-state index contributed by atoms with van der Waals surface area (Å²) in [5.74, 6) is 1.07. The first-order valence-electron chi connectivity index (χ1n) is 21.8. The van der Waals surface area contributed by atoms with Crippen molar-refractivity contribution >= 4 is 21.8 Å². The van der Waals surface area contributed by atoms with E-state index < -0.39 is 0 Å². The van der Waals surface area contributed by atoms with E-state index in [1.807, 2.05) is 0 Å². The van der Waals surface area contributed by atoms with E-state index in [1.54, 1.807) is 0 Å². The van der Waals surface area contributed by atoms with Gasteiger partial charge in [-0.05, 0) is 94.5 Å². The Labute approximate surface area is 362 Å². The van der Waals surface area contributed by atoms with E-state index in [9.17, 15) is 0 Å². The third kappa shape index (κ3) is 5.73. The van der Waals surface area contributed by atoms with Crippen LogP contribution in [0, 0.1) is 5.92 Å². The lowest BCUT2D eigenvalue weighted by Crippen LogP contribution is -2.37. The van der Waals surface area contributed by atoms with Crippen LogP contribution in [-0.2, 0) is 5.41 Å². The van der Waals surface area contributed by atoms with E-state index >= 15 is 0 Å². The molecule has 10 aromatic rings. The van der Waals surface area contributed by atoms with Crippen LogP contribution in [0.4, 0.5) is 0 Å². The second-order valence-corrected chi connectivity index (χ2v) is 16.8. The van der Waals surface area contributed by atoms with Crippen LogP contribution >= 0.6 is 0 Å². The molecule has 2 atom stereocenters. The minimum Gasteiger partial charge on any atom is -0.309 e. The summed E-state index contributed by atoms with van der Waals surface area (Å²) in [6.45, 7) is 0. The second-order valence-electron chi connectivity index (χ2n) is 16.8. The molecule has 2 aliphatic rings. The molecule has 0 fully saturated rings. The molecule has 2 heterocycles. The first-order chi connectivity index (χ1) is 30.8. The molecule has 0 aliphatic heterocycles. The Kier molecular flexibility index (Phi) is 8.67. The molecule has 0 amide bonds. The Bertz CT molecular complexity index is 3260. The summed E-state index contributed by atoms with van der Waals surface area (Å²) in [5.41, 5.74) is 17.3. The lowest BCUT2D eigenvalue weighted by molar-refractivity contribution is 0.351. The van der Waals surface area contributed by atoms with E-state index in [0.717, 1.165) is 53.0 Å². The van der Waals surface area contributed by atoms with Gasteiger partial charge in [0.15, 0.2) is 5.82 Å². The maximum Gasteiger partial charge on any atom is 0.160 e. The van der Waals surface area contributed by atoms with E-state index in [-0.39, 0.29) is 5.41 Å².